The largest absolute Gasteiger partial charge is 0.389 e. The molecule has 0 rings (SSSR count). The highest BCUT2D eigenvalue weighted by Crippen LogP contribution is 1.97. The van der Waals surface area contributed by atoms with Gasteiger partial charge in [0, 0.05) is 6.54 Å². The molecule has 5 heteroatoms. The Hall–Kier alpha value is -0.200. The zero-order chi connectivity index (χ0) is 13.4. The molecule has 6 N–H and O–H groups in total. The monoisotopic (exact) mass is 247 g/mol. The Kier molecular flexibility index (Phi) is 8.72. The molecule has 0 aromatic heterocycles. The Morgan fingerprint density at radius 1 is 0.941 bits per heavy atom. The molecule has 0 fully saturated rings. The maximum atomic E-state index is 9.79. The molecule has 0 radical (unpaired) electrons. The number of nitrogens with two attached hydrogens (primary N) is 1. The molecule has 0 saturated heterocycles. The summed E-state index contributed by atoms with van der Waals surface area (Å²) in [5, 5.41) is 25.6. The van der Waals surface area contributed by atoms with Crippen molar-refractivity contribution in [3.63, 3.8) is 0 Å². The Morgan fingerprint density at radius 3 is 1.94 bits per heavy atom. The molecule has 0 bridgehead atoms. The van der Waals surface area contributed by atoms with E-state index in [9.17, 15) is 10.2 Å². The molecule has 0 amide bonds. The maximum Gasteiger partial charge on any atom is 0.109 e. The minimum absolute atomic E-state index is 0.358. The van der Waals surface area contributed by atoms with Crippen molar-refractivity contribution in [3.05, 3.63) is 0 Å². The summed E-state index contributed by atoms with van der Waals surface area (Å²) in [5.41, 5.74) is 5.75. The van der Waals surface area contributed by atoms with Crippen LogP contribution in [-0.2, 0) is 0 Å². The minimum atomic E-state index is -0.951. The van der Waals surface area contributed by atoms with Crippen LogP contribution in [0.25, 0.3) is 0 Å². The van der Waals surface area contributed by atoms with Gasteiger partial charge in [-0.25, -0.2) is 0 Å². The first-order valence-corrected chi connectivity index (χ1v) is 6.40. The van der Waals surface area contributed by atoms with Crippen LogP contribution >= 0.6 is 0 Å². The quantitative estimate of drug-likeness (QED) is 0.354. The number of aliphatic hydroxyl groups is 2. The average Bonchev–Trinajstić information content (AvgIpc) is 2.24. The lowest BCUT2D eigenvalue weighted by atomic mass is 10.1. The predicted molar refractivity (Wildman–Crippen MR) is 70.5 cm³/mol. The fourth-order valence-corrected chi connectivity index (χ4v) is 1.37. The van der Waals surface area contributed by atoms with Gasteiger partial charge >= 0.3 is 0 Å². The second kappa shape index (κ2) is 8.83. The van der Waals surface area contributed by atoms with Gasteiger partial charge in [-0.3, -0.25) is 5.32 Å². The fourth-order valence-electron chi connectivity index (χ4n) is 1.37. The van der Waals surface area contributed by atoms with Gasteiger partial charge in [0.05, 0.1) is 12.3 Å². The first-order valence-electron chi connectivity index (χ1n) is 6.40. The Labute approximate surface area is 105 Å². The summed E-state index contributed by atoms with van der Waals surface area (Å²) >= 11 is 0. The van der Waals surface area contributed by atoms with E-state index < -0.39 is 18.4 Å². The number of rotatable bonds is 9. The normalized spacial score (nSPS) is 17.5. The lowest BCUT2D eigenvalue weighted by Crippen LogP contribution is -2.55. The molecule has 0 aliphatic rings. The van der Waals surface area contributed by atoms with Crippen LogP contribution in [0, 0.1) is 11.8 Å². The molecule has 5 nitrogen and oxygen atoms in total. The van der Waals surface area contributed by atoms with Crippen LogP contribution in [0.5, 0.6) is 0 Å². The van der Waals surface area contributed by atoms with Gasteiger partial charge in [0.15, 0.2) is 0 Å². The van der Waals surface area contributed by atoms with E-state index in [0.29, 0.717) is 18.4 Å². The van der Waals surface area contributed by atoms with Crippen molar-refractivity contribution < 1.29 is 10.2 Å². The van der Waals surface area contributed by atoms with E-state index >= 15 is 0 Å². The number of hydrogen-bond acceptors (Lipinski definition) is 5. The summed E-state index contributed by atoms with van der Waals surface area (Å²) < 4.78 is 0. The van der Waals surface area contributed by atoms with Crippen molar-refractivity contribution in [1.82, 2.24) is 10.6 Å². The van der Waals surface area contributed by atoms with Gasteiger partial charge in [-0.15, -0.1) is 0 Å². The minimum Gasteiger partial charge on any atom is -0.389 e. The van der Waals surface area contributed by atoms with Gasteiger partial charge in [0.1, 0.15) is 6.10 Å². The fraction of sp³-hybridized carbons (Fsp3) is 1.00. The molecule has 0 spiro atoms. The van der Waals surface area contributed by atoms with Gasteiger partial charge < -0.3 is 21.3 Å². The topological polar surface area (TPSA) is 90.5 Å². The molecule has 0 aliphatic carbocycles. The second-order valence-electron chi connectivity index (χ2n) is 5.44. The molecule has 3 atom stereocenters. The third-order valence-corrected chi connectivity index (χ3v) is 2.43. The van der Waals surface area contributed by atoms with E-state index in [1.807, 2.05) is 0 Å². The number of hydrogen-bond donors (Lipinski definition) is 5. The predicted octanol–water partition coefficient (Wildman–Crippen LogP) is -0.516. The smallest absolute Gasteiger partial charge is 0.109 e. The number of aliphatic hydroxyl groups excluding tert-OH is 2. The second-order valence-corrected chi connectivity index (χ2v) is 5.44. The van der Waals surface area contributed by atoms with Crippen molar-refractivity contribution in [1.29, 1.82) is 0 Å². The molecular weight excluding hydrogens is 218 g/mol. The molecule has 17 heavy (non-hydrogen) atoms. The van der Waals surface area contributed by atoms with Gasteiger partial charge in [0.25, 0.3) is 0 Å². The lowest BCUT2D eigenvalue weighted by Gasteiger charge is -2.25. The van der Waals surface area contributed by atoms with Gasteiger partial charge in [-0.05, 0) is 24.9 Å². The van der Waals surface area contributed by atoms with Crippen molar-refractivity contribution in [2.75, 3.05) is 19.6 Å². The standard InChI is InChI=1S/C12H29N3O2/c1-8(2)5-14-7-10(16)11(17)12(13)15-6-9(3)4/h8-12,14-17H,5-7,13H2,1-4H3. The molecule has 0 aromatic rings. The molecule has 0 saturated carbocycles. The van der Waals surface area contributed by atoms with Gasteiger partial charge in [-0.1, -0.05) is 27.7 Å². The molecule has 0 heterocycles. The Morgan fingerprint density at radius 2 is 1.47 bits per heavy atom. The Balaban J connectivity index is 3.81. The highest BCUT2D eigenvalue weighted by atomic mass is 16.3. The van der Waals surface area contributed by atoms with Crippen LogP contribution in [0.1, 0.15) is 27.7 Å². The molecular formula is C12H29N3O2. The summed E-state index contributed by atoms with van der Waals surface area (Å²) in [4.78, 5) is 0. The van der Waals surface area contributed by atoms with E-state index in [0.717, 1.165) is 13.1 Å². The zero-order valence-electron chi connectivity index (χ0n) is 11.5. The van der Waals surface area contributed by atoms with Crippen LogP contribution in [0.4, 0.5) is 0 Å². The van der Waals surface area contributed by atoms with Gasteiger partial charge in [0.2, 0.25) is 0 Å². The van der Waals surface area contributed by atoms with E-state index in [2.05, 4.69) is 38.3 Å². The Bertz CT molecular complexity index is 189. The molecule has 0 aromatic carbocycles. The highest BCUT2D eigenvalue weighted by Gasteiger charge is 2.22. The van der Waals surface area contributed by atoms with Crippen LogP contribution in [0.15, 0.2) is 0 Å². The summed E-state index contributed by atoms with van der Waals surface area (Å²) in [6, 6.07) is 0. The van der Waals surface area contributed by atoms with Crippen molar-refractivity contribution >= 4 is 0 Å². The average molecular weight is 247 g/mol. The third kappa shape index (κ3) is 8.51. The lowest BCUT2D eigenvalue weighted by molar-refractivity contribution is -0.00243. The number of nitrogens with one attached hydrogen (secondary N) is 2. The van der Waals surface area contributed by atoms with E-state index in [-0.39, 0.29) is 0 Å². The van der Waals surface area contributed by atoms with Gasteiger partial charge in [-0.2, -0.15) is 0 Å². The molecule has 0 aliphatic heterocycles. The van der Waals surface area contributed by atoms with Crippen LogP contribution in [0.2, 0.25) is 0 Å². The molecule has 104 valence electrons. The van der Waals surface area contributed by atoms with E-state index in [1.165, 1.54) is 0 Å². The van der Waals surface area contributed by atoms with E-state index in [4.69, 9.17) is 5.73 Å². The third-order valence-electron chi connectivity index (χ3n) is 2.43. The summed E-state index contributed by atoms with van der Waals surface area (Å²) in [6.45, 7) is 10.2. The van der Waals surface area contributed by atoms with Crippen LogP contribution in [-0.4, -0.2) is 48.2 Å². The first kappa shape index (κ1) is 16.8. The van der Waals surface area contributed by atoms with Crippen LogP contribution in [0.3, 0.4) is 0 Å². The summed E-state index contributed by atoms with van der Waals surface area (Å²) in [6.07, 6.45) is -2.38. The summed E-state index contributed by atoms with van der Waals surface area (Å²) in [7, 11) is 0. The maximum absolute atomic E-state index is 9.79. The van der Waals surface area contributed by atoms with Crippen molar-refractivity contribution in [2.24, 2.45) is 17.6 Å². The molecule has 3 unspecified atom stereocenters. The SMILES string of the molecule is CC(C)CNCC(O)C(O)C(N)NCC(C)C. The van der Waals surface area contributed by atoms with Crippen molar-refractivity contribution in [3.8, 4) is 0 Å². The zero-order valence-corrected chi connectivity index (χ0v) is 11.5. The summed E-state index contributed by atoms with van der Waals surface area (Å²) in [5.74, 6) is 0.983. The van der Waals surface area contributed by atoms with Crippen LogP contribution < -0.4 is 16.4 Å². The first-order chi connectivity index (χ1) is 7.84. The van der Waals surface area contributed by atoms with E-state index in [1.54, 1.807) is 0 Å². The van der Waals surface area contributed by atoms with Crippen molar-refractivity contribution in [2.45, 2.75) is 46.1 Å². The highest BCUT2D eigenvalue weighted by molar-refractivity contribution is 4.78.